The summed E-state index contributed by atoms with van der Waals surface area (Å²) in [5.74, 6) is 0.241. The quantitative estimate of drug-likeness (QED) is 0.780. The highest BCUT2D eigenvalue weighted by atomic mass is 16.5. The number of H-pyrrole nitrogens is 1. The molecule has 6 heteroatoms. The van der Waals surface area contributed by atoms with Gasteiger partial charge < -0.3 is 15.4 Å². The first-order chi connectivity index (χ1) is 9.01. The maximum Gasteiger partial charge on any atom is 0.276 e. The molecule has 108 valence electrons. The first-order valence-corrected chi connectivity index (χ1v) is 6.62. The summed E-state index contributed by atoms with van der Waals surface area (Å²) in [5.41, 5.74) is 7.52. The number of hydrogen-bond acceptors (Lipinski definition) is 4. The Balaban J connectivity index is 2.87. The third-order valence-corrected chi connectivity index (χ3v) is 2.88. The lowest BCUT2D eigenvalue weighted by Crippen LogP contribution is -2.37. The largest absolute Gasteiger partial charge is 0.395 e. The SMILES string of the molecule is CCc1[nH]nc(C(=O)N(CCOC)CC(C)C)c1N. The van der Waals surface area contributed by atoms with Crippen molar-refractivity contribution in [3.05, 3.63) is 11.4 Å². The summed E-state index contributed by atoms with van der Waals surface area (Å²) in [4.78, 5) is 14.2. The average molecular weight is 268 g/mol. The standard InChI is InChI=1S/C13H24N4O2/c1-5-10-11(14)12(16-15-10)13(18)17(6-7-19-4)8-9(2)3/h9H,5-8,14H2,1-4H3,(H,15,16). The highest BCUT2D eigenvalue weighted by molar-refractivity contribution is 5.97. The second-order valence-corrected chi connectivity index (χ2v) is 4.96. The van der Waals surface area contributed by atoms with Gasteiger partial charge in [-0.1, -0.05) is 20.8 Å². The van der Waals surface area contributed by atoms with Crippen LogP contribution in [-0.4, -0.2) is 47.8 Å². The van der Waals surface area contributed by atoms with Crippen molar-refractivity contribution < 1.29 is 9.53 Å². The fraction of sp³-hybridized carbons (Fsp3) is 0.692. The molecule has 0 saturated heterocycles. The third kappa shape index (κ3) is 3.96. The minimum atomic E-state index is -0.140. The molecule has 1 heterocycles. The van der Waals surface area contributed by atoms with Crippen molar-refractivity contribution in [1.82, 2.24) is 15.1 Å². The van der Waals surface area contributed by atoms with Gasteiger partial charge in [-0.25, -0.2) is 0 Å². The molecular weight excluding hydrogens is 244 g/mol. The van der Waals surface area contributed by atoms with Crippen molar-refractivity contribution in [2.45, 2.75) is 27.2 Å². The lowest BCUT2D eigenvalue weighted by Gasteiger charge is -2.23. The highest BCUT2D eigenvalue weighted by Crippen LogP contribution is 2.17. The van der Waals surface area contributed by atoms with E-state index in [1.54, 1.807) is 12.0 Å². The predicted octanol–water partition coefficient (Wildman–Crippen LogP) is 1.30. The van der Waals surface area contributed by atoms with Crippen molar-refractivity contribution in [2.24, 2.45) is 5.92 Å². The smallest absolute Gasteiger partial charge is 0.276 e. The Kier molecular flexibility index (Phi) is 5.82. The topological polar surface area (TPSA) is 84.2 Å². The molecule has 0 aliphatic carbocycles. The minimum absolute atomic E-state index is 0.140. The molecule has 0 bridgehead atoms. The van der Waals surface area contributed by atoms with E-state index >= 15 is 0 Å². The van der Waals surface area contributed by atoms with Crippen LogP contribution in [-0.2, 0) is 11.2 Å². The number of hydrogen-bond donors (Lipinski definition) is 2. The summed E-state index contributed by atoms with van der Waals surface area (Å²) >= 11 is 0. The molecule has 0 fully saturated rings. The van der Waals surface area contributed by atoms with Gasteiger partial charge in [0.15, 0.2) is 5.69 Å². The lowest BCUT2D eigenvalue weighted by molar-refractivity contribution is 0.0667. The van der Waals surface area contributed by atoms with Crippen LogP contribution in [0.4, 0.5) is 5.69 Å². The molecule has 0 spiro atoms. The number of carbonyl (C=O) groups is 1. The number of nitrogens with one attached hydrogen (secondary N) is 1. The minimum Gasteiger partial charge on any atom is -0.395 e. The number of nitrogen functional groups attached to an aromatic ring is 1. The summed E-state index contributed by atoms with van der Waals surface area (Å²) < 4.78 is 5.04. The van der Waals surface area contributed by atoms with Crippen molar-refractivity contribution in [1.29, 1.82) is 0 Å². The van der Waals surface area contributed by atoms with E-state index in [1.807, 2.05) is 6.92 Å². The van der Waals surface area contributed by atoms with Crippen molar-refractivity contribution in [3.63, 3.8) is 0 Å². The fourth-order valence-corrected chi connectivity index (χ4v) is 1.89. The van der Waals surface area contributed by atoms with Crippen LogP contribution in [0.3, 0.4) is 0 Å². The van der Waals surface area contributed by atoms with Crippen molar-refractivity contribution >= 4 is 11.6 Å². The van der Waals surface area contributed by atoms with Gasteiger partial charge in [-0.15, -0.1) is 0 Å². The molecule has 0 aliphatic heterocycles. The Morgan fingerprint density at radius 3 is 2.68 bits per heavy atom. The molecule has 0 unspecified atom stereocenters. The van der Waals surface area contributed by atoms with E-state index < -0.39 is 0 Å². The summed E-state index contributed by atoms with van der Waals surface area (Å²) in [6.07, 6.45) is 0.731. The molecule has 1 aromatic rings. The Labute approximate surface area is 114 Å². The summed E-state index contributed by atoms with van der Waals surface area (Å²) in [6, 6.07) is 0. The zero-order valence-corrected chi connectivity index (χ0v) is 12.2. The second kappa shape index (κ2) is 7.13. The summed E-state index contributed by atoms with van der Waals surface area (Å²) in [7, 11) is 1.62. The number of ether oxygens (including phenoxy) is 1. The molecule has 6 nitrogen and oxygen atoms in total. The molecular formula is C13H24N4O2. The molecule has 1 aromatic heterocycles. The Hall–Kier alpha value is -1.56. The van der Waals surface area contributed by atoms with Gasteiger partial charge in [0, 0.05) is 20.2 Å². The van der Waals surface area contributed by atoms with E-state index in [4.69, 9.17) is 10.5 Å². The Morgan fingerprint density at radius 1 is 1.53 bits per heavy atom. The number of carbonyl (C=O) groups excluding carboxylic acids is 1. The molecule has 0 radical (unpaired) electrons. The van der Waals surface area contributed by atoms with Crippen LogP contribution in [0.2, 0.25) is 0 Å². The lowest BCUT2D eigenvalue weighted by atomic mass is 10.2. The van der Waals surface area contributed by atoms with Crippen LogP contribution in [0.1, 0.15) is 37.0 Å². The number of methoxy groups -OCH3 is 1. The van der Waals surface area contributed by atoms with Crippen molar-refractivity contribution in [3.8, 4) is 0 Å². The van der Waals surface area contributed by atoms with Crippen LogP contribution in [0.5, 0.6) is 0 Å². The van der Waals surface area contributed by atoms with Crippen LogP contribution >= 0.6 is 0 Å². The van der Waals surface area contributed by atoms with Gasteiger partial charge in [-0.3, -0.25) is 9.89 Å². The Bertz CT molecular complexity index is 415. The van der Waals surface area contributed by atoms with Gasteiger partial charge in [0.05, 0.1) is 18.0 Å². The average Bonchev–Trinajstić information content (AvgIpc) is 2.74. The molecule has 1 rings (SSSR count). The highest BCUT2D eigenvalue weighted by Gasteiger charge is 2.22. The van der Waals surface area contributed by atoms with Crippen LogP contribution < -0.4 is 5.73 Å². The molecule has 0 aromatic carbocycles. The number of anilines is 1. The van der Waals surface area contributed by atoms with Crippen LogP contribution in [0.15, 0.2) is 0 Å². The van der Waals surface area contributed by atoms with Crippen LogP contribution in [0, 0.1) is 5.92 Å². The number of aryl methyl sites for hydroxylation is 1. The molecule has 3 N–H and O–H groups in total. The van der Waals surface area contributed by atoms with E-state index in [0.717, 1.165) is 12.1 Å². The molecule has 1 amide bonds. The monoisotopic (exact) mass is 268 g/mol. The number of nitrogens with zero attached hydrogens (tertiary/aromatic N) is 2. The number of aromatic amines is 1. The zero-order valence-electron chi connectivity index (χ0n) is 12.2. The zero-order chi connectivity index (χ0) is 14.4. The van der Waals surface area contributed by atoms with E-state index in [0.29, 0.717) is 37.0 Å². The third-order valence-electron chi connectivity index (χ3n) is 2.88. The Morgan fingerprint density at radius 2 is 2.21 bits per heavy atom. The first kappa shape index (κ1) is 15.5. The summed E-state index contributed by atoms with van der Waals surface area (Å²) in [5, 5.41) is 6.86. The number of amides is 1. The number of rotatable bonds is 7. The van der Waals surface area contributed by atoms with Gasteiger partial charge >= 0.3 is 0 Å². The van der Waals surface area contributed by atoms with E-state index in [1.165, 1.54) is 0 Å². The maximum atomic E-state index is 12.4. The second-order valence-electron chi connectivity index (χ2n) is 4.96. The van der Waals surface area contributed by atoms with Gasteiger partial charge in [0.25, 0.3) is 5.91 Å². The number of aromatic nitrogens is 2. The van der Waals surface area contributed by atoms with E-state index in [-0.39, 0.29) is 5.91 Å². The van der Waals surface area contributed by atoms with Crippen molar-refractivity contribution in [2.75, 3.05) is 32.5 Å². The van der Waals surface area contributed by atoms with Gasteiger partial charge in [-0.05, 0) is 12.3 Å². The van der Waals surface area contributed by atoms with Gasteiger partial charge in [0.2, 0.25) is 0 Å². The fourth-order valence-electron chi connectivity index (χ4n) is 1.89. The predicted molar refractivity (Wildman–Crippen MR) is 75.0 cm³/mol. The van der Waals surface area contributed by atoms with Gasteiger partial charge in [0.1, 0.15) is 0 Å². The normalized spacial score (nSPS) is 11.0. The van der Waals surface area contributed by atoms with Gasteiger partial charge in [-0.2, -0.15) is 5.10 Å². The molecule has 0 atom stereocenters. The molecule has 0 saturated carbocycles. The maximum absolute atomic E-state index is 12.4. The first-order valence-electron chi connectivity index (χ1n) is 6.62. The van der Waals surface area contributed by atoms with E-state index in [2.05, 4.69) is 24.0 Å². The molecule has 0 aliphatic rings. The number of nitrogens with two attached hydrogens (primary N) is 1. The summed E-state index contributed by atoms with van der Waals surface area (Å²) in [6.45, 7) is 7.81. The van der Waals surface area contributed by atoms with E-state index in [9.17, 15) is 4.79 Å². The van der Waals surface area contributed by atoms with Crippen LogP contribution in [0.25, 0.3) is 0 Å². The molecule has 19 heavy (non-hydrogen) atoms.